The van der Waals surface area contributed by atoms with E-state index in [9.17, 15) is 0 Å². The van der Waals surface area contributed by atoms with Gasteiger partial charge in [0, 0.05) is 23.0 Å². The Morgan fingerprint density at radius 1 is 1.20 bits per heavy atom. The molecule has 0 aliphatic rings. The van der Waals surface area contributed by atoms with Gasteiger partial charge in [0.2, 0.25) is 0 Å². The van der Waals surface area contributed by atoms with E-state index in [0.717, 1.165) is 23.6 Å². The van der Waals surface area contributed by atoms with Gasteiger partial charge in [-0.25, -0.2) is 0 Å². The average molecular weight is 291 g/mol. The smallest absolute Gasteiger partial charge is 0.146 e. The second-order valence-electron chi connectivity index (χ2n) is 4.87. The summed E-state index contributed by atoms with van der Waals surface area (Å²) in [6, 6.07) is 10.5. The van der Waals surface area contributed by atoms with Gasteiger partial charge >= 0.3 is 0 Å². The molecule has 0 radical (unpaired) electrons. The maximum absolute atomic E-state index is 5.77. The topological polar surface area (TPSA) is 34.4 Å². The molecule has 4 heteroatoms. The second-order valence-corrected chi connectivity index (χ2v) is 5.75. The molecule has 0 unspecified atom stereocenters. The second kappa shape index (κ2) is 7.41. The van der Waals surface area contributed by atoms with Gasteiger partial charge < -0.3 is 14.5 Å². The molecule has 108 valence electrons. The summed E-state index contributed by atoms with van der Waals surface area (Å²) in [4.78, 5) is 1.23. The van der Waals surface area contributed by atoms with Crippen LogP contribution in [0.2, 0.25) is 0 Å². The minimum Gasteiger partial charge on any atom is -0.486 e. The molecule has 0 fully saturated rings. The number of ether oxygens (including phenoxy) is 1. The zero-order valence-corrected chi connectivity index (χ0v) is 13.0. The monoisotopic (exact) mass is 291 g/mol. The zero-order valence-electron chi connectivity index (χ0n) is 12.2. The SMILES string of the molecule is CSc1ccc(OCc2occc2CNC(C)C)cc1. The van der Waals surface area contributed by atoms with Crippen LogP contribution >= 0.6 is 11.8 Å². The number of rotatable bonds is 7. The molecule has 0 atom stereocenters. The summed E-state index contributed by atoms with van der Waals surface area (Å²) in [6.07, 6.45) is 3.78. The fraction of sp³-hybridized carbons (Fsp3) is 0.375. The number of nitrogens with one attached hydrogen (secondary N) is 1. The summed E-state index contributed by atoms with van der Waals surface area (Å²) < 4.78 is 11.3. The van der Waals surface area contributed by atoms with E-state index in [2.05, 4.69) is 37.6 Å². The minimum atomic E-state index is 0.456. The normalized spacial score (nSPS) is 11.0. The Labute approximate surface area is 124 Å². The lowest BCUT2D eigenvalue weighted by Crippen LogP contribution is -2.22. The molecule has 0 saturated heterocycles. The van der Waals surface area contributed by atoms with Crippen LogP contribution in [0.5, 0.6) is 5.75 Å². The fourth-order valence-corrected chi connectivity index (χ4v) is 2.19. The lowest BCUT2D eigenvalue weighted by atomic mass is 10.2. The van der Waals surface area contributed by atoms with E-state index in [4.69, 9.17) is 9.15 Å². The van der Waals surface area contributed by atoms with Gasteiger partial charge in [-0.15, -0.1) is 11.8 Å². The van der Waals surface area contributed by atoms with Crippen molar-refractivity contribution in [3.8, 4) is 5.75 Å². The van der Waals surface area contributed by atoms with Crippen molar-refractivity contribution in [1.29, 1.82) is 0 Å². The quantitative estimate of drug-likeness (QED) is 0.780. The Kier molecular flexibility index (Phi) is 5.56. The highest BCUT2D eigenvalue weighted by Crippen LogP contribution is 2.20. The molecule has 1 aromatic heterocycles. The summed E-state index contributed by atoms with van der Waals surface area (Å²) in [6.45, 7) is 5.52. The molecule has 20 heavy (non-hydrogen) atoms. The molecule has 0 amide bonds. The first kappa shape index (κ1) is 15.0. The van der Waals surface area contributed by atoms with E-state index in [-0.39, 0.29) is 0 Å². The van der Waals surface area contributed by atoms with Gasteiger partial charge in [-0.2, -0.15) is 0 Å². The van der Waals surface area contributed by atoms with Crippen LogP contribution in [0.3, 0.4) is 0 Å². The van der Waals surface area contributed by atoms with Crippen LogP contribution in [0.1, 0.15) is 25.2 Å². The average Bonchev–Trinajstić information content (AvgIpc) is 2.91. The molecule has 2 rings (SSSR count). The van der Waals surface area contributed by atoms with Gasteiger partial charge in [0.05, 0.1) is 6.26 Å². The molecular weight excluding hydrogens is 270 g/mol. The van der Waals surface area contributed by atoms with Crippen molar-refractivity contribution in [2.45, 2.75) is 37.9 Å². The van der Waals surface area contributed by atoms with Crippen molar-refractivity contribution < 1.29 is 9.15 Å². The Morgan fingerprint density at radius 3 is 2.60 bits per heavy atom. The molecule has 0 spiro atoms. The summed E-state index contributed by atoms with van der Waals surface area (Å²) in [5, 5.41) is 3.38. The Balaban J connectivity index is 1.91. The van der Waals surface area contributed by atoms with Crippen LogP contribution in [0, 0.1) is 0 Å². The standard InChI is InChI=1S/C16H21NO2S/c1-12(2)17-10-13-8-9-18-16(13)11-19-14-4-6-15(20-3)7-5-14/h4-9,12,17H,10-11H2,1-3H3. The van der Waals surface area contributed by atoms with Crippen molar-refractivity contribution >= 4 is 11.8 Å². The number of hydrogen-bond donors (Lipinski definition) is 1. The lowest BCUT2D eigenvalue weighted by Gasteiger charge is -2.09. The van der Waals surface area contributed by atoms with E-state index < -0.39 is 0 Å². The van der Waals surface area contributed by atoms with Gasteiger partial charge in [0.1, 0.15) is 18.1 Å². The first-order valence-corrected chi connectivity index (χ1v) is 7.97. The van der Waals surface area contributed by atoms with Crippen molar-refractivity contribution in [2.75, 3.05) is 6.26 Å². The fourth-order valence-electron chi connectivity index (χ4n) is 1.79. The number of hydrogen-bond acceptors (Lipinski definition) is 4. The molecule has 0 aliphatic heterocycles. The molecule has 0 saturated carbocycles. The van der Waals surface area contributed by atoms with E-state index in [1.165, 1.54) is 4.90 Å². The van der Waals surface area contributed by atoms with Crippen molar-refractivity contribution in [3.05, 3.63) is 47.9 Å². The highest BCUT2D eigenvalue weighted by Gasteiger charge is 2.07. The molecule has 1 heterocycles. The maximum Gasteiger partial charge on any atom is 0.146 e. The predicted molar refractivity (Wildman–Crippen MR) is 83.2 cm³/mol. The third-order valence-electron chi connectivity index (χ3n) is 2.97. The predicted octanol–water partition coefficient (Wildman–Crippen LogP) is 4.08. The summed E-state index contributed by atoms with van der Waals surface area (Å²) in [5.74, 6) is 1.74. The molecule has 0 bridgehead atoms. The van der Waals surface area contributed by atoms with E-state index >= 15 is 0 Å². The van der Waals surface area contributed by atoms with Gasteiger partial charge in [0.25, 0.3) is 0 Å². The van der Waals surface area contributed by atoms with E-state index in [1.807, 2.05) is 18.2 Å². The highest BCUT2D eigenvalue weighted by atomic mass is 32.2. The third kappa shape index (κ3) is 4.32. The summed E-state index contributed by atoms with van der Waals surface area (Å²) in [5.41, 5.74) is 1.15. The van der Waals surface area contributed by atoms with Crippen LogP contribution in [-0.4, -0.2) is 12.3 Å². The highest BCUT2D eigenvalue weighted by molar-refractivity contribution is 7.98. The van der Waals surface area contributed by atoms with Crippen molar-refractivity contribution in [1.82, 2.24) is 5.32 Å². The first-order chi connectivity index (χ1) is 9.69. The maximum atomic E-state index is 5.77. The molecule has 2 aromatic rings. The Hall–Kier alpha value is -1.39. The van der Waals surface area contributed by atoms with Crippen LogP contribution in [0.25, 0.3) is 0 Å². The van der Waals surface area contributed by atoms with Crippen LogP contribution in [-0.2, 0) is 13.2 Å². The summed E-state index contributed by atoms with van der Waals surface area (Å²) in [7, 11) is 0. The zero-order chi connectivity index (χ0) is 14.4. The van der Waals surface area contributed by atoms with Crippen LogP contribution in [0.15, 0.2) is 45.9 Å². The molecular formula is C16H21NO2S. The van der Waals surface area contributed by atoms with Crippen LogP contribution in [0.4, 0.5) is 0 Å². The van der Waals surface area contributed by atoms with Gasteiger partial charge in [-0.3, -0.25) is 0 Å². The summed E-state index contributed by atoms with van der Waals surface area (Å²) >= 11 is 1.72. The number of thioether (sulfide) groups is 1. The Bertz CT molecular complexity index is 520. The van der Waals surface area contributed by atoms with Gasteiger partial charge in [-0.05, 0) is 36.6 Å². The number of furan rings is 1. The molecule has 3 nitrogen and oxygen atoms in total. The van der Waals surface area contributed by atoms with E-state index in [1.54, 1.807) is 18.0 Å². The van der Waals surface area contributed by atoms with Crippen molar-refractivity contribution in [3.63, 3.8) is 0 Å². The van der Waals surface area contributed by atoms with Crippen molar-refractivity contribution in [2.24, 2.45) is 0 Å². The number of benzene rings is 1. The van der Waals surface area contributed by atoms with Gasteiger partial charge in [-0.1, -0.05) is 13.8 Å². The molecule has 1 aromatic carbocycles. The largest absolute Gasteiger partial charge is 0.486 e. The molecule has 0 aliphatic carbocycles. The van der Waals surface area contributed by atoms with E-state index in [0.29, 0.717) is 12.6 Å². The third-order valence-corrected chi connectivity index (χ3v) is 3.71. The molecule has 1 N–H and O–H groups in total. The van der Waals surface area contributed by atoms with Crippen LogP contribution < -0.4 is 10.1 Å². The lowest BCUT2D eigenvalue weighted by molar-refractivity contribution is 0.268. The first-order valence-electron chi connectivity index (χ1n) is 6.74. The minimum absolute atomic E-state index is 0.456. The van der Waals surface area contributed by atoms with Gasteiger partial charge in [0.15, 0.2) is 0 Å². The Morgan fingerprint density at radius 2 is 1.95 bits per heavy atom.